The van der Waals surface area contributed by atoms with Crippen LogP contribution in [-0.4, -0.2) is 36.6 Å². The SMILES string of the molecule is Cc1ncccc1-c1nnc2n1C[C@H](C)N(Cc1cccc(C(F)(F)F)c1Cl)C2=O. The molecule has 6 nitrogen and oxygen atoms in total. The zero-order valence-electron chi connectivity index (χ0n) is 16.1. The third-order valence-corrected chi connectivity index (χ3v) is 5.60. The summed E-state index contributed by atoms with van der Waals surface area (Å²) in [5.41, 5.74) is 0.830. The number of aromatic nitrogens is 4. The van der Waals surface area contributed by atoms with Gasteiger partial charge < -0.3 is 9.47 Å². The second-order valence-electron chi connectivity index (χ2n) is 7.15. The molecular formula is C20H17ClF3N5O. The molecule has 0 radical (unpaired) electrons. The largest absolute Gasteiger partial charge is 0.417 e. The number of aryl methyl sites for hydroxylation is 1. The molecule has 1 aromatic carbocycles. The molecule has 4 rings (SSSR count). The lowest BCUT2D eigenvalue weighted by Crippen LogP contribution is -2.46. The van der Waals surface area contributed by atoms with E-state index in [1.54, 1.807) is 16.8 Å². The minimum atomic E-state index is -4.57. The van der Waals surface area contributed by atoms with Crippen molar-refractivity contribution in [3.05, 3.63) is 64.2 Å². The van der Waals surface area contributed by atoms with E-state index in [1.165, 1.54) is 17.0 Å². The Morgan fingerprint density at radius 3 is 2.60 bits per heavy atom. The number of pyridine rings is 1. The molecule has 2 aromatic heterocycles. The topological polar surface area (TPSA) is 63.9 Å². The van der Waals surface area contributed by atoms with Crippen molar-refractivity contribution >= 4 is 17.5 Å². The van der Waals surface area contributed by atoms with Crippen LogP contribution < -0.4 is 0 Å². The fourth-order valence-corrected chi connectivity index (χ4v) is 3.87. The second-order valence-corrected chi connectivity index (χ2v) is 7.53. The van der Waals surface area contributed by atoms with Crippen LogP contribution in [0, 0.1) is 6.92 Å². The van der Waals surface area contributed by atoms with E-state index >= 15 is 0 Å². The number of rotatable bonds is 3. The Labute approximate surface area is 175 Å². The van der Waals surface area contributed by atoms with Crippen molar-refractivity contribution in [1.29, 1.82) is 0 Å². The Balaban J connectivity index is 1.68. The zero-order chi connectivity index (χ0) is 21.6. The zero-order valence-corrected chi connectivity index (χ0v) is 16.9. The number of hydrogen-bond donors (Lipinski definition) is 0. The molecule has 0 unspecified atom stereocenters. The summed E-state index contributed by atoms with van der Waals surface area (Å²) in [5, 5.41) is 7.81. The van der Waals surface area contributed by atoms with Crippen molar-refractivity contribution in [3.8, 4) is 11.4 Å². The second kappa shape index (κ2) is 7.39. The summed E-state index contributed by atoms with van der Waals surface area (Å²) in [6.45, 7) is 4.00. The Morgan fingerprint density at radius 1 is 1.17 bits per heavy atom. The maximum atomic E-state index is 13.2. The number of hydrogen-bond acceptors (Lipinski definition) is 4. The van der Waals surface area contributed by atoms with E-state index in [1.807, 2.05) is 19.9 Å². The highest BCUT2D eigenvalue weighted by atomic mass is 35.5. The van der Waals surface area contributed by atoms with Gasteiger partial charge >= 0.3 is 6.18 Å². The van der Waals surface area contributed by atoms with Gasteiger partial charge in [0.1, 0.15) is 0 Å². The molecule has 0 aliphatic carbocycles. The van der Waals surface area contributed by atoms with Crippen LogP contribution in [-0.2, 0) is 19.3 Å². The average molecular weight is 436 g/mol. The van der Waals surface area contributed by atoms with E-state index in [-0.39, 0.29) is 24.0 Å². The molecule has 156 valence electrons. The Kier molecular flexibility index (Phi) is 5.01. The predicted octanol–water partition coefficient (Wildman–Crippen LogP) is 4.37. The highest BCUT2D eigenvalue weighted by Crippen LogP contribution is 2.37. The minimum absolute atomic E-state index is 0.0587. The lowest BCUT2D eigenvalue weighted by molar-refractivity contribution is -0.137. The number of benzene rings is 1. The molecule has 30 heavy (non-hydrogen) atoms. The highest BCUT2D eigenvalue weighted by molar-refractivity contribution is 6.32. The van der Waals surface area contributed by atoms with Crippen LogP contribution in [0.3, 0.4) is 0 Å². The van der Waals surface area contributed by atoms with E-state index in [4.69, 9.17) is 11.6 Å². The normalized spacial score (nSPS) is 16.7. The van der Waals surface area contributed by atoms with Gasteiger partial charge in [0.25, 0.3) is 5.91 Å². The summed E-state index contributed by atoms with van der Waals surface area (Å²) in [6, 6.07) is 7.02. The summed E-state index contributed by atoms with van der Waals surface area (Å²) in [4.78, 5) is 18.8. The quantitative estimate of drug-likeness (QED) is 0.613. The van der Waals surface area contributed by atoms with Gasteiger partial charge in [-0.2, -0.15) is 13.2 Å². The first kappa shape index (κ1) is 20.3. The minimum Gasteiger partial charge on any atom is -0.327 e. The van der Waals surface area contributed by atoms with Gasteiger partial charge in [-0.15, -0.1) is 10.2 Å². The molecule has 0 saturated carbocycles. The fourth-order valence-electron chi connectivity index (χ4n) is 3.58. The van der Waals surface area contributed by atoms with E-state index in [0.29, 0.717) is 12.4 Å². The molecule has 1 aliphatic rings. The number of carbonyl (C=O) groups is 1. The Hall–Kier alpha value is -2.94. The fraction of sp³-hybridized carbons (Fsp3) is 0.300. The van der Waals surface area contributed by atoms with E-state index in [2.05, 4.69) is 15.2 Å². The van der Waals surface area contributed by atoms with Crippen LogP contribution in [0.4, 0.5) is 13.2 Å². The number of amides is 1. The molecule has 1 aliphatic heterocycles. The molecule has 1 amide bonds. The lowest BCUT2D eigenvalue weighted by Gasteiger charge is -2.34. The summed E-state index contributed by atoms with van der Waals surface area (Å²) >= 11 is 6.01. The molecule has 3 heterocycles. The van der Waals surface area contributed by atoms with Gasteiger partial charge in [-0.1, -0.05) is 23.7 Å². The van der Waals surface area contributed by atoms with Crippen LogP contribution >= 0.6 is 11.6 Å². The number of nitrogens with zero attached hydrogens (tertiary/aromatic N) is 5. The number of alkyl halides is 3. The molecule has 0 N–H and O–H groups in total. The first-order valence-electron chi connectivity index (χ1n) is 9.19. The van der Waals surface area contributed by atoms with Gasteiger partial charge in [0.2, 0.25) is 5.82 Å². The van der Waals surface area contributed by atoms with Crippen molar-refractivity contribution < 1.29 is 18.0 Å². The molecule has 1 atom stereocenters. The maximum absolute atomic E-state index is 13.2. The van der Waals surface area contributed by atoms with Crippen molar-refractivity contribution in [2.45, 2.75) is 39.2 Å². The third kappa shape index (κ3) is 3.43. The van der Waals surface area contributed by atoms with Gasteiger partial charge in [0.05, 0.1) is 10.6 Å². The standard InChI is InChI=1S/C20H17ClF3N5O/c1-11-9-29-17(14-6-4-8-25-12(14)2)26-27-18(29)19(30)28(11)10-13-5-3-7-15(16(13)21)20(22,23)24/h3-8,11H,9-10H2,1-2H3/t11-/m0/s1. The molecule has 0 spiro atoms. The van der Waals surface area contributed by atoms with E-state index in [9.17, 15) is 18.0 Å². The van der Waals surface area contributed by atoms with Crippen molar-refractivity contribution in [2.24, 2.45) is 0 Å². The summed E-state index contributed by atoms with van der Waals surface area (Å²) in [5.74, 6) is 0.254. The molecular weight excluding hydrogens is 419 g/mol. The highest BCUT2D eigenvalue weighted by Gasteiger charge is 2.37. The monoisotopic (exact) mass is 435 g/mol. The Morgan fingerprint density at radius 2 is 1.90 bits per heavy atom. The number of halogens is 4. The van der Waals surface area contributed by atoms with E-state index in [0.717, 1.165) is 17.3 Å². The van der Waals surface area contributed by atoms with Crippen LogP contribution in [0.2, 0.25) is 5.02 Å². The molecule has 0 fully saturated rings. The van der Waals surface area contributed by atoms with Crippen molar-refractivity contribution in [2.75, 3.05) is 0 Å². The molecule has 3 aromatic rings. The van der Waals surface area contributed by atoms with Gasteiger partial charge in [0, 0.05) is 36.6 Å². The van der Waals surface area contributed by atoms with E-state index < -0.39 is 22.7 Å². The van der Waals surface area contributed by atoms with Crippen LogP contribution in [0.15, 0.2) is 36.5 Å². The van der Waals surface area contributed by atoms with Crippen LogP contribution in [0.1, 0.15) is 34.4 Å². The molecule has 10 heteroatoms. The van der Waals surface area contributed by atoms with Gasteiger partial charge in [-0.3, -0.25) is 9.78 Å². The van der Waals surface area contributed by atoms with Crippen LogP contribution in [0.5, 0.6) is 0 Å². The number of fused-ring (bicyclic) bond motifs is 1. The summed E-state index contributed by atoms with van der Waals surface area (Å²) in [6.07, 6.45) is -2.90. The van der Waals surface area contributed by atoms with Gasteiger partial charge in [0.15, 0.2) is 5.82 Å². The Bertz CT molecular complexity index is 1130. The molecule has 0 bridgehead atoms. The molecule has 0 saturated heterocycles. The first-order valence-corrected chi connectivity index (χ1v) is 9.57. The summed E-state index contributed by atoms with van der Waals surface area (Å²) in [7, 11) is 0. The first-order chi connectivity index (χ1) is 14.2. The number of carbonyl (C=O) groups excluding carboxylic acids is 1. The van der Waals surface area contributed by atoms with Crippen molar-refractivity contribution in [3.63, 3.8) is 0 Å². The van der Waals surface area contributed by atoms with Gasteiger partial charge in [-0.05, 0) is 37.6 Å². The van der Waals surface area contributed by atoms with Crippen LogP contribution in [0.25, 0.3) is 11.4 Å². The average Bonchev–Trinajstić information content (AvgIpc) is 3.09. The predicted molar refractivity (Wildman–Crippen MR) is 104 cm³/mol. The third-order valence-electron chi connectivity index (χ3n) is 5.15. The maximum Gasteiger partial charge on any atom is 0.417 e. The van der Waals surface area contributed by atoms with Crippen molar-refractivity contribution in [1.82, 2.24) is 24.6 Å². The van der Waals surface area contributed by atoms with Gasteiger partial charge in [-0.25, -0.2) is 0 Å². The lowest BCUT2D eigenvalue weighted by atomic mass is 10.1. The summed E-state index contributed by atoms with van der Waals surface area (Å²) < 4.78 is 41.2. The smallest absolute Gasteiger partial charge is 0.327 e.